The Morgan fingerprint density at radius 3 is 2.78 bits per heavy atom. The number of hydrogen-bond acceptors (Lipinski definition) is 4. The SMILES string of the molecule is NC(=O)c1cccc(Oc2cccc(CO)c2)n1. The highest BCUT2D eigenvalue weighted by Gasteiger charge is 2.05. The zero-order valence-corrected chi connectivity index (χ0v) is 9.54. The highest BCUT2D eigenvalue weighted by atomic mass is 16.5. The number of aliphatic hydroxyl groups excluding tert-OH is 1. The standard InChI is InChI=1S/C13H12N2O3/c14-13(17)11-5-2-6-12(15-11)18-10-4-1-3-9(7-10)8-16/h1-7,16H,8H2,(H2,14,17). The minimum absolute atomic E-state index is 0.0635. The molecule has 0 aliphatic rings. The van der Waals surface area contributed by atoms with Gasteiger partial charge in [-0.3, -0.25) is 4.79 Å². The van der Waals surface area contributed by atoms with Gasteiger partial charge in [-0.25, -0.2) is 4.98 Å². The lowest BCUT2D eigenvalue weighted by atomic mass is 10.2. The number of rotatable bonds is 4. The molecule has 0 unspecified atom stereocenters. The van der Waals surface area contributed by atoms with Crippen LogP contribution in [-0.2, 0) is 6.61 Å². The molecule has 0 atom stereocenters. The third-order valence-corrected chi connectivity index (χ3v) is 2.28. The number of aromatic nitrogens is 1. The molecule has 0 saturated heterocycles. The number of carbonyl (C=O) groups excluding carboxylic acids is 1. The monoisotopic (exact) mass is 244 g/mol. The lowest BCUT2D eigenvalue weighted by Crippen LogP contribution is -2.12. The average molecular weight is 244 g/mol. The normalized spacial score (nSPS) is 10.1. The molecule has 1 amide bonds. The van der Waals surface area contributed by atoms with Crippen molar-refractivity contribution in [2.75, 3.05) is 0 Å². The topological polar surface area (TPSA) is 85.4 Å². The number of primary amides is 1. The van der Waals surface area contributed by atoms with Gasteiger partial charge in [0.2, 0.25) is 5.88 Å². The van der Waals surface area contributed by atoms with Crippen LogP contribution in [0, 0.1) is 0 Å². The summed E-state index contributed by atoms with van der Waals surface area (Å²) in [5, 5.41) is 9.01. The molecule has 0 bridgehead atoms. The highest BCUT2D eigenvalue weighted by Crippen LogP contribution is 2.20. The summed E-state index contributed by atoms with van der Waals surface area (Å²) in [4.78, 5) is 14.9. The zero-order valence-electron chi connectivity index (χ0n) is 9.54. The number of ether oxygens (including phenoxy) is 1. The van der Waals surface area contributed by atoms with Crippen molar-refractivity contribution in [2.45, 2.75) is 6.61 Å². The minimum atomic E-state index is -0.607. The summed E-state index contributed by atoms with van der Waals surface area (Å²) in [7, 11) is 0. The minimum Gasteiger partial charge on any atom is -0.439 e. The van der Waals surface area contributed by atoms with E-state index in [2.05, 4.69) is 4.98 Å². The molecule has 2 rings (SSSR count). The predicted octanol–water partition coefficient (Wildman–Crippen LogP) is 1.47. The molecule has 1 aromatic heterocycles. The summed E-state index contributed by atoms with van der Waals surface area (Å²) in [6, 6.07) is 11.7. The number of nitrogens with two attached hydrogens (primary N) is 1. The molecule has 1 heterocycles. The van der Waals surface area contributed by atoms with Crippen molar-refractivity contribution in [3.63, 3.8) is 0 Å². The number of nitrogens with zero attached hydrogens (tertiary/aromatic N) is 1. The van der Waals surface area contributed by atoms with E-state index >= 15 is 0 Å². The van der Waals surface area contributed by atoms with Gasteiger partial charge in [-0.05, 0) is 23.8 Å². The number of carbonyl (C=O) groups is 1. The average Bonchev–Trinajstić information content (AvgIpc) is 2.39. The molecule has 2 aromatic rings. The van der Waals surface area contributed by atoms with E-state index in [0.29, 0.717) is 5.75 Å². The van der Waals surface area contributed by atoms with Gasteiger partial charge in [0, 0.05) is 6.07 Å². The van der Waals surface area contributed by atoms with Crippen LogP contribution in [0.15, 0.2) is 42.5 Å². The van der Waals surface area contributed by atoms with Gasteiger partial charge in [0.1, 0.15) is 11.4 Å². The third kappa shape index (κ3) is 2.83. The van der Waals surface area contributed by atoms with E-state index in [4.69, 9.17) is 15.6 Å². The molecule has 5 nitrogen and oxygen atoms in total. The summed E-state index contributed by atoms with van der Waals surface area (Å²) >= 11 is 0. The Bertz CT molecular complexity index is 570. The Kier molecular flexibility index (Phi) is 3.54. The fourth-order valence-electron chi connectivity index (χ4n) is 1.44. The van der Waals surface area contributed by atoms with E-state index in [1.807, 2.05) is 0 Å². The summed E-state index contributed by atoms with van der Waals surface area (Å²) in [6.45, 7) is -0.0635. The Labute approximate surface area is 104 Å². The highest BCUT2D eigenvalue weighted by molar-refractivity contribution is 5.90. The van der Waals surface area contributed by atoms with Crippen LogP contribution >= 0.6 is 0 Å². The summed E-state index contributed by atoms with van der Waals surface area (Å²) in [5.74, 6) is 0.210. The molecular formula is C13H12N2O3. The lowest BCUT2D eigenvalue weighted by Gasteiger charge is -2.06. The molecule has 5 heteroatoms. The molecule has 92 valence electrons. The van der Waals surface area contributed by atoms with Crippen LogP contribution in [0.3, 0.4) is 0 Å². The summed E-state index contributed by atoms with van der Waals surface area (Å²) < 4.78 is 5.48. The van der Waals surface area contributed by atoms with Crippen molar-refractivity contribution in [1.82, 2.24) is 4.98 Å². The van der Waals surface area contributed by atoms with Crippen LogP contribution in [0.1, 0.15) is 16.1 Å². The van der Waals surface area contributed by atoms with Crippen molar-refractivity contribution in [3.05, 3.63) is 53.7 Å². The maximum Gasteiger partial charge on any atom is 0.267 e. The zero-order chi connectivity index (χ0) is 13.0. The molecule has 0 aliphatic heterocycles. The first-order chi connectivity index (χ1) is 8.69. The van der Waals surface area contributed by atoms with Crippen LogP contribution in [0.5, 0.6) is 11.6 Å². The van der Waals surface area contributed by atoms with Gasteiger partial charge in [0.15, 0.2) is 0 Å². The maximum absolute atomic E-state index is 11.0. The third-order valence-electron chi connectivity index (χ3n) is 2.28. The first-order valence-corrected chi connectivity index (χ1v) is 5.33. The van der Waals surface area contributed by atoms with Gasteiger partial charge in [-0.1, -0.05) is 18.2 Å². The van der Waals surface area contributed by atoms with Gasteiger partial charge in [-0.2, -0.15) is 0 Å². The first-order valence-electron chi connectivity index (χ1n) is 5.33. The molecule has 0 radical (unpaired) electrons. The second kappa shape index (κ2) is 5.29. The van der Waals surface area contributed by atoms with E-state index in [9.17, 15) is 4.79 Å². The summed E-state index contributed by atoms with van der Waals surface area (Å²) in [5.41, 5.74) is 6.01. The number of aliphatic hydroxyl groups is 1. The van der Waals surface area contributed by atoms with Gasteiger partial charge >= 0.3 is 0 Å². The quantitative estimate of drug-likeness (QED) is 0.852. The molecular weight excluding hydrogens is 232 g/mol. The van der Waals surface area contributed by atoms with E-state index in [1.54, 1.807) is 36.4 Å². The number of pyridine rings is 1. The second-order valence-electron chi connectivity index (χ2n) is 3.63. The number of benzene rings is 1. The lowest BCUT2D eigenvalue weighted by molar-refractivity contribution is 0.0995. The van der Waals surface area contributed by atoms with Crippen LogP contribution in [0.2, 0.25) is 0 Å². The Morgan fingerprint density at radius 2 is 2.06 bits per heavy atom. The molecule has 0 fully saturated rings. The number of hydrogen-bond donors (Lipinski definition) is 2. The molecule has 0 spiro atoms. The molecule has 1 aromatic carbocycles. The molecule has 3 N–H and O–H groups in total. The van der Waals surface area contributed by atoms with Gasteiger partial charge in [0.25, 0.3) is 5.91 Å². The Morgan fingerprint density at radius 1 is 1.28 bits per heavy atom. The van der Waals surface area contributed by atoms with E-state index < -0.39 is 5.91 Å². The smallest absolute Gasteiger partial charge is 0.267 e. The van der Waals surface area contributed by atoms with E-state index in [0.717, 1.165) is 5.56 Å². The van der Waals surface area contributed by atoms with E-state index in [1.165, 1.54) is 6.07 Å². The molecule has 0 saturated carbocycles. The Balaban J connectivity index is 2.22. The largest absolute Gasteiger partial charge is 0.439 e. The van der Waals surface area contributed by atoms with Crippen molar-refractivity contribution in [3.8, 4) is 11.6 Å². The molecule has 18 heavy (non-hydrogen) atoms. The van der Waals surface area contributed by atoms with Crippen molar-refractivity contribution >= 4 is 5.91 Å². The van der Waals surface area contributed by atoms with Crippen LogP contribution < -0.4 is 10.5 Å². The maximum atomic E-state index is 11.0. The van der Waals surface area contributed by atoms with Crippen molar-refractivity contribution in [1.29, 1.82) is 0 Å². The molecule has 0 aliphatic carbocycles. The fraction of sp³-hybridized carbons (Fsp3) is 0.0769. The van der Waals surface area contributed by atoms with E-state index in [-0.39, 0.29) is 18.2 Å². The van der Waals surface area contributed by atoms with Crippen LogP contribution in [-0.4, -0.2) is 16.0 Å². The van der Waals surface area contributed by atoms with Gasteiger partial charge in [-0.15, -0.1) is 0 Å². The van der Waals surface area contributed by atoms with Gasteiger partial charge in [0.05, 0.1) is 6.61 Å². The number of amides is 1. The van der Waals surface area contributed by atoms with Crippen molar-refractivity contribution < 1.29 is 14.6 Å². The van der Waals surface area contributed by atoms with Gasteiger partial charge < -0.3 is 15.6 Å². The first kappa shape index (κ1) is 12.1. The van der Waals surface area contributed by atoms with Crippen molar-refractivity contribution in [2.24, 2.45) is 5.73 Å². The fourth-order valence-corrected chi connectivity index (χ4v) is 1.44. The second-order valence-corrected chi connectivity index (χ2v) is 3.63. The van der Waals surface area contributed by atoms with Crippen LogP contribution in [0.4, 0.5) is 0 Å². The Hall–Kier alpha value is -2.40. The predicted molar refractivity (Wildman–Crippen MR) is 65.2 cm³/mol. The summed E-state index contributed by atoms with van der Waals surface area (Å²) in [6.07, 6.45) is 0. The van der Waals surface area contributed by atoms with Crippen LogP contribution in [0.25, 0.3) is 0 Å².